The third kappa shape index (κ3) is 2.68. The average Bonchev–Trinajstić information content (AvgIpc) is 3.18. The topological polar surface area (TPSA) is 12.0 Å². The van der Waals surface area contributed by atoms with Crippen LogP contribution in [0.3, 0.4) is 0 Å². The van der Waals surface area contributed by atoms with Gasteiger partial charge in [0, 0.05) is 12.1 Å². The van der Waals surface area contributed by atoms with Crippen LogP contribution in [-0.4, -0.2) is 6.04 Å². The molecule has 1 aromatic rings. The van der Waals surface area contributed by atoms with Crippen molar-refractivity contribution in [3.05, 3.63) is 35.6 Å². The van der Waals surface area contributed by atoms with E-state index in [-0.39, 0.29) is 5.82 Å². The molecule has 1 aromatic carbocycles. The molecular weight excluding hydrogens is 213 g/mol. The van der Waals surface area contributed by atoms with Gasteiger partial charge in [0.15, 0.2) is 0 Å². The van der Waals surface area contributed by atoms with E-state index in [9.17, 15) is 4.39 Å². The highest BCUT2D eigenvalue weighted by Gasteiger charge is 2.36. The van der Waals surface area contributed by atoms with Crippen LogP contribution in [0.1, 0.15) is 44.2 Å². The monoisotopic (exact) mass is 233 g/mol. The van der Waals surface area contributed by atoms with E-state index < -0.39 is 0 Å². The number of hydrogen-bond donors (Lipinski definition) is 1. The minimum atomic E-state index is -0.140. The number of hydrogen-bond acceptors (Lipinski definition) is 1. The van der Waals surface area contributed by atoms with E-state index >= 15 is 0 Å². The van der Waals surface area contributed by atoms with Gasteiger partial charge in [0.25, 0.3) is 0 Å². The summed E-state index contributed by atoms with van der Waals surface area (Å²) in [5.41, 5.74) is 1.25. The van der Waals surface area contributed by atoms with Gasteiger partial charge in [-0.15, -0.1) is 0 Å². The van der Waals surface area contributed by atoms with Crippen LogP contribution in [0.25, 0.3) is 0 Å². The van der Waals surface area contributed by atoms with Crippen LogP contribution in [0.15, 0.2) is 24.3 Å². The van der Waals surface area contributed by atoms with Crippen molar-refractivity contribution in [2.75, 3.05) is 0 Å². The highest BCUT2D eigenvalue weighted by Crippen LogP contribution is 2.43. The molecular formula is C15H20FN. The average molecular weight is 233 g/mol. The van der Waals surface area contributed by atoms with Crippen molar-refractivity contribution in [2.24, 2.45) is 11.8 Å². The first kappa shape index (κ1) is 11.2. The van der Waals surface area contributed by atoms with E-state index in [1.807, 2.05) is 12.1 Å². The van der Waals surface area contributed by atoms with Crippen LogP contribution < -0.4 is 5.32 Å². The van der Waals surface area contributed by atoms with Crippen molar-refractivity contribution in [3.8, 4) is 0 Å². The molecule has 2 atom stereocenters. The van der Waals surface area contributed by atoms with Crippen molar-refractivity contribution >= 4 is 0 Å². The van der Waals surface area contributed by atoms with Gasteiger partial charge in [0.1, 0.15) is 5.82 Å². The van der Waals surface area contributed by atoms with Gasteiger partial charge in [-0.2, -0.15) is 0 Å². The highest BCUT2D eigenvalue weighted by molar-refractivity contribution is 5.22. The Morgan fingerprint density at radius 2 is 1.65 bits per heavy atom. The van der Waals surface area contributed by atoms with E-state index in [0.29, 0.717) is 12.1 Å². The Balaban J connectivity index is 1.72. The molecule has 0 bridgehead atoms. The zero-order chi connectivity index (χ0) is 11.8. The molecule has 2 heteroatoms. The number of rotatable bonds is 5. The predicted octanol–water partition coefficient (Wildman–Crippen LogP) is 3.66. The minimum absolute atomic E-state index is 0.140. The van der Waals surface area contributed by atoms with Gasteiger partial charge < -0.3 is 5.32 Å². The third-order valence-corrected chi connectivity index (χ3v) is 4.09. The molecule has 2 fully saturated rings. The molecule has 2 aliphatic carbocycles. The van der Waals surface area contributed by atoms with Crippen molar-refractivity contribution < 1.29 is 4.39 Å². The molecule has 0 radical (unpaired) electrons. The second-order valence-electron chi connectivity index (χ2n) is 5.66. The van der Waals surface area contributed by atoms with E-state index in [1.165, 1.54) is 31.2 Å². The Bertz CT molecular complexity index is 378. The van der Waals surface area contributed by atoms with Crippen molar-refractivity contribution in [3.63, 3.8) is 0 Å². The number of benzene rings is 1. The maximum absolute atomic E-state index is 12.9. The summed E-state index contributed by atoms with van der Waals surface area (Å²) in [5.74, 6) is 1.50. The van der Waals surface area contributed by atoms with Gasteiger partial charge in [0.05, 0.1) is 0 Å². The summed E-state index contributed by atoms with van der Waals surface area (Å²) in [5, 5.41) is 3.75. The molecule has 92 valence electrons. The standard InChI is InChI=1S/C15H20FN/c1-10(11-2-3-11)17-15(12-4-5-12)13-6-8-14(16)9-7-13/h6-12,15,17H,2-5H2,1H3. The summed E-state index contributed by atoms with van der Waals surface area (Å²) in [6, 6.07) is 8.06. The molecule has 0 aromatic heterocycles. The molecule has 2 unspecified atom stereocenters. The molecule has 0 saturated heterocycles. The van der Waals surface area contributed by atoms with E-state index in [0.717, 1.165) is 11.8 Å². The minimum Gasteiger partial charge on any atom is -0.307 e. The fraction of sp³-hybridized carbons (Fsp3) is 0.600. The molecule has 1 N–H and O–H groups in total. The maximum Gasteiger partial charge on any atom is 0.123 e. The molecule has 0 heterocycles. The first-order valence-corrected chi connectivity index (χ1v) is 6.75. The van der Waals surface area contributed by atoms with Gasteiger partial charge in [-0.05, 0) is 62.1 Å². The Hall–Kier alpha value is -0.890. The smallest absolute Gasteiger partial charge is 0.123 e. The van der Waals surface area contributed by atoms with Gasteiger partial charge in [0.2, 0.25) is 0 Å². The predicted molar refractivity (Wildman–Crippen MR) is 67.2 cm³/mol. The Morgan fingerprint density at radius 1 is 1.06 bits per heavy atom. The second-order valence-corrected chi connectivity index (χ2v) is 5.66. The Kier molecular flexibility index (Phi) is 2.91. The third-order valence-electron chi connectivity index (χ3n) is 4.09. The maximum atomic E-state index is 12.9. The largest absolute Gasteiger partial charge is 0.307 e. The zero-order valence-corrected chi connectivity index (χ0v) is 10.3. The summed E-state index contributed by atoms with van der Waals surface area (Å²) < 4.78 is 12.9. The van der Waals surface area contributed by atoms with Gasteiger partial charge in [-0.1, -0.05) is 12.1 Å². The van der Waals surface area contributed by atoms with E-state index in [4.69, 9.17) is 0 Å². The summed E-state index contributed by atoms with van der Waals surface area (Å²) in [6.07, 6.45) is 5.36. The van der Waals surface area contributed by atoms with Gasteiger partial charge in [-0.3, -0.25) is 0 Å². The molecule has 0 spiro atoms. The lowest BCUT2D eigenvalue weighted by molar-refractivity contribution is 0.392. The first-order valence-electron chi connectivity index (χ1n) is 6.75. The molecule has 17 heavy (non-hydrogen) atoms. The van der Waals surface area contributed by atoms with Gasteiger partial charge >= 0.3 is 0 Å². The van der Waals surface area contributed by atoms with Gasteiger partial charge in [-0.25, -0.2) is 4.39 Å². The summed E-state index contributed by atoms with van der Waals surface area (Å²) in [7, 11) is 0. The Labute approximate surface area is 102 Å². The van der Waals surface area contributed by atoms with Crippen molar-refractivity contribution in [1.82, 2.24) is 5.32 Å². The number of nitrogens with one attached hydrogen (secondary N) is 1. The molecule has 2 aliphatic rings. The Morgan fingerprint density at radius 3 is 2.18 bits per heavy atom. The van der Waals surface area contributed by atoms with Crippen LogP contribution >= 0.6 is 0 Å². The van der Waals surface area contributed by atoms with Crippen LogP contribution in [0, 0.1) is 17.7 Å². The quantitative estimate of drug-likeness (QED) is 0.818. The summed E-state index contributed by atoms with van der Waals surface area (Å²) in [4.78, 5) is 0. The van der Waals surface area contributed by atoms with Crippen LogP contribution in [0.4, 0.5) is 4.39 Å². The first-order chi connectivity index (χ1) is 8.24. The lowest BCUT2D eigenvalue weighted by Gasteiger charge is -2.23. The lowest BCUT2D eigenvalue weighted by atomic mass is 10.0. The van der Waals surface area contributed by atoms with E-state index in [1.54, 1.807) is 12.1 Å². The molecule has 0 aliphatic heterocycles. The molecule has 0 amide bonds. The normalized spacial score (nSPS) is 23.4. The molecule has 1 nitrogen and oxygen atoms in total. The van der Waals surface area contributed by atoms with Crippen LogP contribution in [-0.2, 0) is 0 Å². The molecule has 3 rings (SSSR count). The SMILES string of the molecule is CC(NC(c1ccc(F)cc1)C1CC1)C1CC1. The summed E-state index contributed by atoms with van der Waals surface area (Å²) >= 11 is 0. The highest BCUT2D eigenvalue weighted by atomic mass is 19.1. The zero-order valence-electron chi connectivity index (χ0n) is 10.3. The van der Waals surface area contributed by atoms with Crippen LogP contribution in [0.5, 0.6) is 0 Å². The number of halogens is 1. The second kappa shape index (κ2) is 4.41. The van der Waals surface area contributed by atoms with Crippen molar-refractivity contribution in [2.45, 2.75) is 44.7 Å². The summed E-state index contributed by atoms with van der Waals surface area (Å²) in [6.45, 7) is 2.29. The fourth-order valence-electron chi connectivity index (χ4n) is 2.62. The fourth-order valence-corrected chi connectivity index (χ4v) is 2.62. The van der Waals surface area contributed by atoms with Crippen LogP contribution in [0.2, 0.25) is 0 Å². The van der Waals surface area contributed by atoms with Crippen molar-refractivity contribution in [1.29, 1.82) is 0 Å². The molecule has 2 saturated carbocycles. The van der Waals surface area contributed by atoms with E-state index in [2.05, 4.69) is 12.2 Å². The lowest BCUT2D eigenvalue weighted by Crippen LogP contribution is -2.33.